The summed E-state index contributed by atoms with van der Waals surface area (Å²) in [5.41, 5.74) is 8.88. The second kappa shape index (κ2) is 4.93. The first-order valence-electron chi connectivity index (χ1n) is 6.02. The van der Waals surface area contributed by atoms with Crippen LogP contribution in [0.2, 0.25) is 0 Å². The number of nitrogens with two attached hydrogens (primary N) is 1. The Hall–Kier alpha value is -2.63. The van der Waals surface area contributed by atoms with E-state index in [1.54, 1.807) is 12.5 Å². The summed E-state index contributed by atoms with van der Waals surface area (Å²) in [7, 11) is 0. The molecule has 0 spiro atoms. The number of aromatic nitrogens is 5. The highest BCUT2D eigenvalue weighted by Crippen LogP contribution is 2.20. The van der Waals surface area contributed by atoms with E-state index in [1.165, 1.54) is 0 Å². The second-order valence-electron chi connectivity index (χ2n) is 4.27. The molecule has 0 aliphatic rings. The topological polar surface area (TPSA) is 85.4 Å². The summed E-state index contributed by atoms with van der Waals surface area (Å²) in [6.07, 6.45) is 9.76. The van der Waals surface area contributed by atoms with Crippen molar-refractivity contribution in [3.63, 3.8) is 0 Å². The summed E-state index contributed by atoms with van der Waals surface area (Å²) < 4.78 is 2.09. The molecule has 0 fully saturated rings. The highest BCUT2D eigenvalue weighted by Gasteiger charge is 2.06. The molecule has 96 valence electrons. The van der Waals surface area contributed by atoms with Gasteiger partial charge in [-0.3, -0.25) is 0 Å². The molecule has 0 atom stereocenters. The Morgan fingerprint density at radius 2 is 2.21 bits per heavy atom. The van der Waals surface area contributed by atoms with Gasteiger partial charge in [0.05, 0.1) is 24.5 Å². The number of anilines is 1. The average Bonchev–Trinajstić information content (AvgIpc) is 3.08. The van der Waals surface area contributed by atoms with Gasteiger partial charge < -0.3 is 15.3 Å². The number of rotatable bonds is 4. The number of aryl methyl sites for hydroxylation is 2. The summed E-state index contributed by atoms with van der Waals surface area (Å²) in [4.78, 5) is 15.3. The Morgan fingerprint density at radius 1 is 1.26 bits per heavy atom. The Morgan fingerprint density at radius 3 is 3.00 bits per heavy atom. The smallest absolute Gasteiger partial charge is 0.123 e. The molecule has 0 aliphatic heterocycles. The van der Waals surface area contributed by atoms with Gasteiger partial charge in [-0.1, -0.05) is 0 Å². The van der Waals surface area contributed by atoms with Gasteiger partial charge in [0.15, 0.2) is 0 Å². The summed E-state index contributed by atoms with van der Waals surface area (Å²) >= 11 is 0. The molecule has 3 aromatic heterocycles. The number of H-pyrrole nitrogens is 1. The van der Waals surface area contributed by atoms with Crippen molar-refractivity contribution in [2.24, 2.45) is 0 Å². The molecule has 3 N–H and O–H groups in total. The van der Waals surface area contributed by atoms with E-state index in [9.17, 15) is 0 Å². The van der Waals surface area contributed by atoms with Crippen molar-refractivity contribution in [1.82, 2.24) is 24.5 Å². The number of imidazole rings is 2. The molecule has 3 rings (SSSR count). The summed E-state index contributed by atoms with van der Waals surface area (Å²) in [5.74, 6) is 0.513. The molecule has 0 saturated carbocycles. The maximum Gasteiger partial charge on any atom is 0.123 e. The maximum absolute atomic E-state index is 5.71. The second-order valence-corrected chi connectivity index (χ2v) is 4.27. The summed E-state index contributed by atoms with van der Waals surface area (Å²) in [5, 5.41) is 0. The van der Waals surface area contributed by atoms with E-state index < -0.39 is 0 Å². The Labute approximate surface area is 110 Å². The first-order valence-corrected chi connectivity index (χ1v) is 6.02. The minimum absolute atomic E-state index is 0.513. The largest absolute Gasteiger partial charge is 0.384 e. The average molecular weight is 254 g/mol. The van der Waals surface area contributed by atoms with Crippen molar-refractivity contribution in [3.05, 3.63) is 49.1 Å². The van der Waals surface area contributed by atoms with Crippen LogP contribution in [0.25, 0.3) is 11.3 Å². The van der Waals surface area contributed by atoms with Crippen LogP contribution in [0.4, 0.5) is 5.82 Å². The van der Waals surface area contributed by atoms with Gasteiger partial charge in [-0.15, -0.1) is 0 Å². The van der Waals surface area contributed by atoms with E-state index in [4.69, 9.17) is 5.73 Å². The van der Waals surface area contributed by atoms with E-state index in [-0.39, 0.29) is 0 Å². The molecule has 0 amide bonds. The number of pyridine rings is 1. The maximum atomic E-state index is 5.71. The molecule has 6 heteroatoms. The number of nitrogens with one attached hydrogen (secondary N) is 1. The molecular weight excluding hydrogens is 240 g/mol. The van der Waals surface area contributed by atoms with Gasteiger partial charge in [-0.25, -0.2) is 15.0 Å². The van der Waals surface area contributed by atoms with Crippen LogP contribution in [0.15, 0.2) is 43.4 Å². The first-order chi connectivity index (χ1) is 9.33. The fourth-order valence-electron chi connectivity index (χ4n) is 2.01. The third-order valence-electron chi connectivity index (χ3n) is 2.97. The number of aromatic amines is 1. The molecule has 0 aromatic carbocycles. The normalized spacial score (nSPS) is 10.7. The van der Waals surface area contributed by atoms with E-state index in [2.05, 4.69) is 24.5 Å². The Balaban J connectivity index is 1.82. The third-order valence-corrected chi connectivity index (χ3v) is 2.97. The van der Waals surface area contributed by atoms with Crippen LogP contribution in [0.1, 0.15) is 5.69 Å². The predicted molar refractivity (Wildman–Crippen MR) is 72.2 cm³/mol. The number of nitrogen functional groups attached to an aromatic ring is 1. The highest BCUT2D eigenvalue weighted by atomic mass is 15.0. The molecule has 6 nitrogen and oxygen atoms in total. The zero-order chi connectivity index (χ0) is 13.1. The molecular formula is C13H14N6. The number of hydrogen-bond acceptors (Lipinski definition) is 4. The van der Waals surface area contributed by atoms with Crippen LogP contribution in [-0.4, -0.2) is 24.5 Å². The fourth-order valence-corrected chi connectivity index (χ4v) is 2.01. The van der Waals surface area contributed by atoms with E-state index in [0.717, 1.165) is 29.9 Å². The minimum atomic E-state index is 0.513. The van der Waals surface area contributed by atoms with E-state index in [0.29, 0.717) is 5.82 Å². The number of nitrogens with zero attached hydrogens (tertiary/aromatic N) is 4. The molecule has 0 unspecified atom stereocenters. The monoisotopic (exact) mass is 254 g/mol. The zero-order valence-corrected chi connectivity index (χ0v) is 10.3. The van der Waals surface area contributed by atoms with Crippen molar-refractivity contribution in [2.45, 2.75) is 13.0 Å². The zero-order valence-electron chi connectivity index (χ0n) is 10.3. The first kappa shape index (κ1) is 11.5. The molecule has 3 aromatic rings. The van der Waals surface area contributed by atoms with Crippen LogP contribution in [0, 0.1) is 0 Å². The van der Waals surface area contributed by atoms with Crippen LogP contribution < -0.4 is 5.73 Å². The van der Waals surface area contributed by atoms with Crippen molar-refractivity contribution in [1.29, 1.82) is 0 Å². The van der Waals surface area contributed by atoms with Gasteiger partial charge in [-0.05, 0) is 12.1 Å². The molecule has 3 heterocycles. The van der Waals surface area contributed by atoms with Crippen LogP contribution in [0.3, 0.4) is 0 Å². The molecule has 0 aliphatic carbocycles. The Bertz CT molecular complexity index is 655. The SMILES string of the molecule is Nc1cc(-c2cncn2CCc2cnc[nH]2)ccn1. The molecule has 0 bridgehead atoms. The lowest BCUT2D eigenvalue weighted by Crippen LogP contribution is -2.02. The minimum Gasteiger partial charge on any atom is -0.384 e. The van der Waals surface area contributed by atoms with Crippen molar-refractivity contribution < 1.29 is 0 Å². The molecule has 0 radical (unpaired) electrons. The summed E-state index contributed by atoms with van der Waals surface area (Å²) in [6, 6.07) is 3.78. The lowest BCUT2D eigenvalue weighted by molar-refractivity contribution is 0.693. The van der Waals surface area contributed by atoms with Gasteiger partial charge in [0, 0.05) is 36.6 Å². The third kappa shape index (κ3) is 2.47. The number of hydrogen-bond donors (Lipinski definition) is 2. The summed E-state index contributed by atoms with van der Waals surface area (Å²) in [6.45, 7) is 0.833. The van der Waals surface area contributed by atoms with Gasteiger partial charge >= 0.3 is 0 Å². The van der Waals surface area contributed by atoms with E-state index >= 15 is 0 Å². The van der Waals surface area contributed by atoms with Gasteiger partial charge in [0.25, 0.3) is 0 Å². The lowest BCUT2D eigenvalue weighted by atomic mass is 10.2. The van der Waals surface area contributed by atoms with Crippen molar-refractivity contribution in [3.8, 4) is 11.3 Å². The molecule has 19 heavy (non-hydrogen) atoms. The standard InChI is InChI=1S/C13H14N6/c14-13-5-10(1-3-17-13)12-7-16-9-19(12)4-2-11-6-15-8-18-11/h1,3,5-9H,2,4H2,(H2,14,17)(H,15,18). The fraction of sp³-hybridized carbons (Fsp3) is 0.154. The van der Waals surface area contributed by atoms with Gasteiger partial charge in [0.1, 0.15) is 5.82 Å². The lowest BCUT2D eigenvalue weighted by Gasteiger charge is -2.07. The van der Waals surface area contributed by atoms with Crippen molar-refractivity contribution >= 4 is 5.82 Å². The van der Waals surface area contributed by atoms with Crippen LogP contribution in [-0.2, 0) is 13.0 Å². The van der Waals surface area contributed by atoms with E-state index in [1.807, 2.05) is 30.9 Å². The van der Waals surface area contributed by atoms with Crippen LogP contribution in [0.5, 0.6) is 0 Å². The molecule has 0 saturated heterocycles. The van der Waals surface area contributed by atoms with Gasteiger partial charge in [0.2, 0.25) is 0 Å². The highest BCUT2D eigenvalue weighted by molar-refractivity contribution is 5.61. The van der Waals surface area contributed by atoms with Gasteiger partial charge in [-0.2, -0.15) is 0 Å². The predicted octanol–water partition coefficient (Wildman–Crippen LogP) is 1.49. The Kier molecular flexibility index (Phi) is 2.97. The van der Waals surface area contributed by atoms with Crippen LogP contribution >= 0.6 is 0 Å². The quantitative estimate of drug-likeness (QED) is 0.738. The van der Waals surface area contributed by atoms with Crippen molar-refractivity contribution in [2.75, 3.05) is 5.73 Å².